The van der Waals surface area contributed by atoms with Crippen LogP contribution in [0.3, 0.4) is 0 Å². The highest BCUT2D eigenvalue weighted by Crippen LogP contribution is 2.32. The SMILES string of the molecule is CC(C)c1cc(C(C)C)c(C(C)C)nc1C(C)C. The molecule has 0 saturated heterocycles. The van der Waals surface area contributed by atoms with Crippen LogP contribution in [0.2, 0.25) is 0 Å². The Morgan fingerprint density at radius 3 is 1.17 bits per heavy atom. The predicted octanol–water partition coefficient (Wildman–Crippen LogP) is 5.58. The van der Waals surface area contributed by atoms with E-state index in [1.165, 1.54) is 22.5 Å². The van der Waals surface area contributed by atoms with E-state index >= 15 is 0 Å². The number of aromatic nitrogens is 1. The maximum Gasteiger partial charge on any atom is 0.0467 e. The molecular weight excluding hydrogens is 218 g/mol. The van der Waals surface area contributed by atoms with Crippen LogP contribution in [0.25, 0.3) is 0 Å². The van der Waals surface area contributed by atoms with Gasteiger partial charge in [0.15, 0.2) is 0 Å². The highest BCUT2D eigenvalue weighted by atomic mass is 14.7. The molecule has 1 aromatic heterocycles. The Kier molecular flexibility index (Phi) is 4.95. The molecule has 18 heavy (non-hydrogen) atoms. The van der Waals surface area contributed by atoms with Gasteiger partial charge in [0.2, 0.25) is 0 Å². The fourth-order valence-corrected chi connectivity index (χ4v) is 2.42. The Morgan fingerprint density at radius 1 is 0.611 bits per heavy atom. The molecule has 1 heteroatoms. The molecule has 0 N–H and O–H groups in total. The first-order valence-electron chi connectivity index (χ1n) is 7.30. The first-order chi connectivity index (χ1) is 8.25. The summed E-state index contributed by atoms with van der Waals surface area (Å²) in [7, 11) is 0. The summed E-state index contributed by atoms with van der Waals surface area (Å²) < 4.78 is 0. The summed E-state index contributed by atoms with van der Waals surface area (Å²) in [6.45, 7) is 18.0. The van der Waals surface area contributed by atoms with Crippen LogP contribution in [-0.4, -0.2) is 4.98 Å². The van der Waals surface area contributed by atoms with Crippen molar-refractivity contribution in [2.24, 2.45) is 0 Å². The fourth-order valence-electron chi connectivity index (χ4n) is 2.42. The van der Waals surface area contributed by atoms with Crippen LogP contribution in [0.15, 0.2) is 6.07 Å². The topological polar surface area (TPSA) is 12.9 Å². The van der Waals surface area contributed by atoms with Crippen molar-refractivity contribution in [3.05, 3.63) is 28.6 Å². The molecule has 0 amide bonds. The molecule has 1 rings (SSSR count). The third kappa shape index (κ3) is 3.13. The summed E-state index contributed by atoms with van der Waals surface area (Å²) in [4.78, 5) is 5.01. The Hall–Kier alpha value is -0.850. The molecule has 0 aliphatic carbocycles. The largest absolute Gasteiger partial charge is 0.257 e. The van der Waals surface area contributed by atoms with Gasteiger partial charge < -0.3 is 0 Å². The van der Waals surface area contributed by atoms with E-state index in [-0.39, 0.29) is 0 Å². The van der Waals surface area contributed by atoms with Crippen molar-refractivity contribution in [2.75, 3.05) is 0 Å². The second kappa shape index (κ2) is 5.86. The zero-order valence-corrected chi connectivity index (χ0v) is 13.3. The summed E-state index contributed by atoms with van der Waals surface area (Å²) in [5, 5.41) is 0. The van der Waals surface area contributed by atoms with Gasteiger partial charge in [-0.3, -0.25) is 4.98 Å². The number of hydrogen-bond donors (Lipinski definition) is 0. The minimum absolute atomic E-state index is 0.501. The van der Waals surface area contributed by atoms with Gasteiger partial charge in [-0.15, -0.1) is 0 Å². The lowest BCUT2D eigenvalue weighted by Crippen LogP contribution is -2.10. The van der Waals surface area contributed by atoms with Gasteiger partial charge in [-0.1, -0.05) is 61.5 Å². The number of rotatable bonds is 4. The molecule has 0 aromatic carbocycles. The lowest BCUT2D eigenvalue weighted by molar-refractivity contribution is 0.696. The van der Waals surface area contributed by atoms with Gasteiger partial charge in [0.1, 0.15) is 0 Å². The summed E-state index contributed by atoms with van der Waals surface area (Å²) in [5.41, 5.74) is 5.44. The van der Waals surface area contributed by atoms with E-state index in [2.05, 4.69) is 61.5 Å². The minimum Gasteiger partial charge on any atom is -0.257 e. The number of nitrogens with zero attached hydrogens (tertiary/aromatic N) is 1. The summed E-state index contributed by atoms with van der Waals surface area (Å²) >= 11 is 0. The molecule has 102 valence electrons. The van der Waals surface area contributed by atoms with Gasteiger partial charge >= 0.3 is 0 Å². The number of hydrogen-bond acceptors (Lipinski definition) is 1. The predicted molar refractivity (Wildman–Crippen MR) is 80.6 cm³/mol. The minimum atomic E-state index is 0.501. The van der Waals surface area contributed by atoms with E-state index in [1.807, 2.05) is 0 Å². The Morgan fingerprint density at radius 2 is 0.944 bits per heavy atom. The molecule has 0 spiro atoms. The summed E-state index contributed by atoms with van der Waals surface area (Å²) in [5.74, 6) is 2.10. The third-order valence-electron chi connectivity index (χ3n) is 3.48. The van der Waals surface area contributed by atoms with Crippen molar-refractivity contribution < 1.29 is 0 Å². The summed E-state index contributed by atoms with van der Waals surface area (Å²) in [6.07, 6.45) is 0. The van der Waals surface area contributed by atoms with Crippen LogP contribution >= 0.6 is 0 Å². The first kappa shape index (κ1) is 15.2. The molecule has 1 aromatic rings. The highest BCUT2D eigenvalue weighted by Gasteiger charge is 2.19. The number of pyridine rings is 1. The van der Waals surface area contributed by atoms with Crippen molar-refractivity contribution >= 4 is 0 Å². The smallest absolute Gasteiger partial charge is 0.0467 e. The second-order valence-corrected chi connectivity index (χ2v) is 6.56. The van der Waals surface area contributed by atoms with Crippen LogP contribution in [0.5, 0.6) is 0 Å². The average Bonchev–Trinajstić information content (AvgIpc) is 2.26. The van der Waals surface area contributed by atoms with Crippen molar-refractivity contribution in [3.8, 4) is 0 Å². The maximum absolute atomic E-state index is 5.01. The van der Waals surface area contributed by atoms with Crippen LogP contribution in [-0.2, 0) is 0 Å². The van der Waals surface area contributed by atoms with Crippen LogP contribution in [0, 0.1) is 0 Å². The van der Waals surface area contributed by atoms with Crippen molar-refractivity contribution in [3.63, 3.8) is 0 Å². The Labute approximate surface area is 113 Å². The van der Waals surface area contributed by atoms with Crippen molar-refractivity contribution in [1.29, 1.82) is 0 Å². The lowest BCUT2D eigenvalue weighted by Gasteiger charge is -2.22. The molecule has 0 fully saturated rings. The van der Waals surface area contributed by atoms with Crippen molar-refractivity contribution in [2.45, 2.75) is 79.1 Å². The van der Waals surface area contributed by atoms with Gasteiger partial charge in [0, 0.05) is 11.4 Å². The zero-order chi connectivity index (χ0) is 14.0. The summed E-state index contributed by atoms with van der Waals surface area (Å²) in [6, 6.07) is 2.41. The molecular formula is C17H29N. The van der Waals surface area contributed by atoms with E-state index in [9.17, 15) is 0 Å². The van der Waals surface area contributed by atoms with Gasteiger partial charge in [-0.05, 0) is 34.8 Å². The lowest BCUT2D eigenvalue weighted by atomic mass is 9.88. The van der Waals surface area contributed by atoms with E-state index in [0.29, 0.717) is 23.7 Å². The second-order valence-electron chi connectivity index (χ2n) is 6.56. The Bertz CT molecular complexity index is 326. The van der Waals surface area contributed by atoms with E-state index in [1.54, 1.807) is 0 Å². The average molecular weight is 247 g/mol. The van der Waals surface area contributed by atoms with E-state index in [0.717, 1.165) is 0 Å². The van der Waals surface area contributed by atoms with Gasteiger partial charge in [0.25, 0.3) is 0 Å². The first-order valence-corrected chi connectivity index (χ1v) is 7.30. The molecule has 0 radical (unpaired) electrons. The van der Waals surface area contributed by atoms with Crippen molar-refractivity contribution in [1.82, 2.24) is 4.98 Å². The van der Waals surface area contributed by atoms with E-state index < -0.39 is 0 Å². The molecule has 0 unspecified atom stereocenters. The van der Waals surface area contributed by atoms with Crippen LogP contribution in [0.1, 0.15) is 102 Å². The van der Waals surface area contributed by atoms with Gasteiger partial charge in [0.05, 0.1) is 0 Å². The maximum atomic E-state index is 5.01. The van der Waals surface area contributed by atoms with E-state index in [4.69, 9.17) is 4.98 Å². The van der Waals surface area contributed by atoms with Crippen LogP contribution in [0.4, 0.5) is 0 Å². The quantitative estimate of drug-likeness (QED) is 0.677. The molecule has 1 nitrogen and oxygen atoms in total. The molecule has 0 aliphatic rings. The highest BCUT2D eigenvalue weighted by molar-refractivity contribution is 5.37. The van der Waals surface area contributed by atoms with Crippen LogP contribution < -0.4 is 0 Å². The third-order valence-corrected chi connectivity index (χ3v) is 3.48. The molecule has 0 bridgehead atoms. The monoisotopic (exact) mass is 247 g/mol. The molecule has 0 saturated carbocycles. The fraction of sp³-hybridized carbons (Fsp3) is 0.706. The normalized spacial score (nSPS) is 12.2. The van der Waals surface area contributed by atoms with Gasteiger partial charge in [-0.2, -0.15) is 0 Å². The standard InChI is InChI=1S/C17H29N/c1-10(2)14-9-15(11(3)4)17(13(7)8)18-16(14)12(5)6/h9-13H,1-8H3. The molecule has 1 heterocycles. The Balaban J connectivity index is 3.50. The van der Waals surface area contributed by atoms with Gasteiger partial charge in [-0.25, -0.2) is 0 Å². The molecule has 0 aliphatic heterocycles. The molecule has 0 atom stereocenters. The zero-order valence-electron chi connectivity index (χ0n) is 13.3.